The van der Waals surface area contributed by atoms with E-state index in [-0.39, 0.29) is 17.3 Å². The van der Waals surface area contributed by atoms with Gasteiger partial charge in [-0.1, -0.05) is 31.9 Å². The molecule has 2 aromatic rings. The third-order valence-electron chi connectivity index (χ3n) is 2.56. The second-order valence-electron chi connectivity index (χ2n) is 4.05. The zero-order chi connectivity index (χ0) is 15.6. The van der Waals surface area contributed by atoms with E-state index in [4.69, 9.17) is 15.4 Å². The SMILES string of the molecule is O=S(=O)(Cl)c1cc(Br)ccc1OCc1cc(F)ccc1Br. The highest BCUT2D eigenvalue weighted by atomic mass is 79.9. The van der Waals surface area contributed by atoms with Gasteiger partial charge in [0.1, 0.15) is 23.1 Å². The number of hydrogen-bond acceptors (Lipinski definition) is 3. The monoisotopic (exact) mass is 456 g/mol. The Kier molecular flexibility index (Phi) is 5.29. The summed E-state index contributed by atoms with van der Waals surface area (Å²) < 4.78 is 42.9. The molecule has 112 valence electrons. The molecule has 0 aliphatic heterocycles. The van der Waals surface area contributed by atoms with Crippen LogP contribution in [0.1, 0.15) is 5.56 Å². The van der Waals surface area contributed by atoms with Crippen molar-refractivity contribution in [1.82, 2.24) is 0 Å². The molecule has 0 N–H and O–H groups in total. The molecule has 0 aliphatic carbocycles. The fourth-order valence-electron chi connectivity index (χ4n) is 1.60. The smallest absolute Gasteiger partial charge is 0.265 e. The fraction of sp³-hybridized carbons (Fsp3) is 0.0769. The summed E-state index contributed by atoms with van der Waals surface area (Å²) in [5, 5.41) is 0. The Hall–Kier alpha value is -0.630. The van der Waals surface area contributed by atoms with Crippen LogP contribution in [0.5, 0.6) is 5.75 Å². The van der Waals surface area contributed by atoms with E-state index in [9.17, 15) is 12.8 Å². The topological polar surface area (TPSA) is 43.4 Å². The van der Waals surface area contributed by atoms with Gasteiger partial charge in [0.05, 0.1) is 0 Å². The largest absolute Gasteiger partial charge is 0.487 e. The molecule has 2 aromatic carbocycles. The summed E-state index contributed by atoms with van der Waals surface area (Å²) >= 11 is 6.45. The molecule has 3 nitrogen and oxygen atoms in total. The number of hydrogen-bond donors (Lipinski definition) is 0. The summed E-state index contributed by atoms with van der Waals surface area (Å²) in [7, 11) is 1.43. The molecule has 0 saturated heterocycles. The third-order valence-corrected chi connectivity index (χ3v) is 5.17. The lowest BCUT2D eigenvalue weighted by Gasteiger charge is -2.11. The first-order valence-corrected chi connectivity index (χ1v) is 9.48. The molecule has 0 atom stereocenters. The summed E-state index contributed by atoms with van der Waals surface area (Å²) in [6.07, 6.45) is 0. The number of benzene rings is 2. The van der Waals surface area contributed by atoms with Crippen molar-refractivity contribution in [2.75, 3.05) is 0 Å². The summed E-state index contributed by atoms with van der Waals surface area (Å²) in [4.78, 5) is -0.147. The molecule has 8 heteroatoms. The van der Waals surface area contributed by atoms with Crippen LogP contribution >= 0.6 is 42.5 Å². The van der Waals surface area contributed by atoms with E-state index >= 15 is 0 Å². The molecule has 0 heterocycles. The van der Waals surface area contributed by atoms with E-state index in [0.29, 0.717) is 14.5 Å². The standard InChI is InChI=1S/C13H8Br2ClFO3S/c14-9-1-4-12(13(6-9)21(16,18)19)20-7-8-5-10(17)2-3-11(8)15/h1-6H,7H2. The van der Waals surface area contributed by atoms with Crippen LogP contribution in [0.3, 0.4) is 0 Å². The third kappa shape index (κ3) is 4.42. The van der Waals surface area contributed by atoms with Gasteiger partial charge in [0.2, 0.25) is 0 Å². The van der Waals surface area contributed by atoms with E-state index < -0.39 is 14.9 Å². The van der Waals surface area contributed by atoms with Crippen LogP contribution in [0, 0.1) is 5.82 Å². The van der Waals surface area contributed by atoms with Crippen LogP contribution in [0.25, 0.3) is 0 Å². The maximum Gasteiger partial charge on any atom is 0.265 e. The van der Waals surface area contributed by atoms with Crippen LogP contribution < -0.4 is 4.74 Å². The Morgan fingerprint density at radius 1 is 1.14 bits per heavy atom. The molecule has 0 bridgehead atoms. The minimum atomic E-state index is -3.95. The predicted molar refractivity (Wildman–Crippen MR) is 85.6 cm³/mol. The first-order valence-electron chi connectivity index (χ1n) is 5.58. The number of rotatable bonds is 4. The average Bonchev–Trinajstić information content (AvgIpc) is 2.40. The Labute approximate surface area is 142 Å². The molecule has 0 saturated carbocycles. The van der Waals surface area contributed by atoms with Crippen molar-refractivity contribution < 1.29 is 17.5 Å². The van der Waals surface area contributed by atoms with E-state index in [2.05, 4.69) is 31.9 Å². The Morgan fingerprint density at radius 2 is 1.86 bits per heavy atom. The van der Waals surface area contributed by atoms with E-state index in [1.807, 2.05) is 0 Å². The number of halogens is 4. The van der Waals surface area contributed by atoms with Crippen molar-refractivity contribution in [3.8, 4) is 5.75 Å². The lowest BCUT2D eigenvalue weighted by molar-refractivity contribution is 0.296. The molecule has 0 spiro atoms. The molecule has 21 heavy (non-hydrogen) atoms. The van der Waals surface area contributed by atoms with Gasteiger partial charge in [-0.15, -0.1) is 0 Å². The van der Waals surface area contributed by atoms with Gasteiger partial charge in [0.15, 0.2) is 0 Å². The Balaban J connectivity index is 2.30. The van der Waals surface area contributed by atoms with Crippen LogP contribution in [0.2, 0.25) is 0 Å². The lowest BCUT2D eigenvalue weighted by Crippen LogP contribution is -2.02. The van der Waals surface area contributed by atoms with Crippen LogP contribution in [-0.2, 0) is 15.7 Å². The summed E-state index contributed by atoms with van der Waals surface area (Å²) in [5.74, 6) is -0.304. The summed E-state index contributed by atoms with van der Waals surface area (Å²) in [6, 6.07) is 8.61. The molecule has 0 unspecified atom stereocenters. The molecular weight excluding hydrogens is 450 g/mol. The van der Waals surface area contributed by atoms with Crippen molar-refractivity contribution >= 4 is 51.6 Å². The van der Waals surface area contributed by atoms with E-state index in [1.54, 1.807) is 12.1 Å². The van der Waals surface area contributed by atoms with Gasteiger partial charge < -0.3 is 4.74 Å². The van der Waals surface area contributed by atoms with Crippen molar-refractivity contribution in [1.29, 1.82) is 0 Å². The highest BCUT2D eigenvalue weighted by Crippen LogP contribution is 2.31. The second kappa shape index (κ2) is 6.64. The zero-order valence-corrected chi connectivity index (χ0v) is 15.1. The minimum Gasteiger partial charge on any atom is -0.487 e. The highest BCUT2D eigenvalue weighted by molar-refractivity contribution is 9.10. The van der Waals surface area contributed by atoms with Gasteiger partial charge in [0.25, 0.3) is 9.05 Å². The van der Waals surface area contributed by atoms with Gasteiger partial charge in [0, 0.05) is 25.2 Å². The van der Waals surface area contributed by atoms with Crippen LogP contribution in [0.15, 0.2) is 50.2 Å². The zero-order valence-electron chi connectivity index (χ0n) is 10.3. The van der Waals surface area contributed by atoms with E-state index in [0.717, 1.165) is 0 Å². The van der Waals surface area contributed by atoms with E-state index in [1.165, 1.54) is 24.3 Å². The van der Waals surface area contributed by atoms with Crippen molar-refractivity contribution in [3.05, 3.63) is 56.7 Å². The maximum atomic E-state index is 13.2. The van der Waals surface area contributed by atoms with Crippen molar-refractivity contribution in [2.45, 2.75) is 11.5 Å². The summed E-state index contributed by atoms with van der Waals surface area (Å²) in [5.41, 5.74) is 0.552. The van der Waals surface area contributed by atoms with Gasteiger partial charge in [-0.05, 0) is 36.4 Å². The average molecular weight is 459 g/mol. The molecule has 0 fully saturated rings. The molecule has 0 aromatic heterocycles. The van der Waals surface area contributed by atoms with Gasteiger partial charge in [-0.2, -0.15) is 0 Å². The molecular formula is C13H8Br2ClFO3S. The Bertz CT molecular complexity index is 781. The highest BCUT2D eigenvalue weighted by Gasteiger charge is 2.18. The minimum absolute atomic E-state index is 0.000611. The van der Waals surface area contributed by atoms with Gasteiger partial charge in [-0.25, -0.2) is 12.8 Å². The number of ether oxygens (including phenoxy) is 1. The van der Waals surface area contributed by atoms with Crippen LogP contribution in [0.4, 0.5) is 4.39 Å². The fourth-order valence-corrected chi connectivity index (χ4v) is 3.47. The molecule has 0 radical (unpaired) electrons. The quantitative estimate of drug-likeness (QED) is 0.615. The van der Waals surface area contributed by atoms with Gasteiger partial charge in [-0.3, -0.25) is 0 Å². The first kappa shape index (κ1) is 16.7. The van der Waals surface area contributed by atoms with Gasteiger partial charge >= 0.3 is 0 Å². The molecule has 0 amide bonds. The van der Waals surface area contributed by atoms with Crippen LogP contribution in [-0.4, -0.2) is 8.42 Å². The normalized spacial score (nSPS) is 11.4. The first-order chi connectivity index (χ1) is 9.77. The maximum absolute atomic E-state index is 13.2. The second-order valence-corrected chi connectivity index (χ2v) is 8.36. The molecule has 2 rings (SSSR count). The van der Waals surface area contributed by atoms with Crippen molar-refractivity contribution in [2.24, 2.45) is 0 Å². The predicted octanol–water partition coefficient (Wildman–Crippen LogP) is 4.86. The van der Waals surface area contributed by atoms with Crippen molar-refractivity contribution in [3.63, 3.8) is 0 Å². The lowest BCUT2D eigenvalue weighted by atomic mass is 10.2. The Morgan fingerprint density at radius 3 is 2.52 bits per heavy atom. The summed E-state index contributed by atoms with van der Waals surface area (Å²) in [6.45, 7) is -0.000611. The molecule has 0 aliphatic rings.